The summed E-state index contributed by atoms with van der Waals surface area (Å²) in [5.74, 6) is 6.07. The van der Waals surface area contributed by atoms with Crippen LogP contribution in [0.3, 0.4) is 0 Å². The predicted octanol–water partition coefficient (Wildman–Crippen LogP) is 0.353. The van der Waals surface area contributed by atoms with E-state index in [4.69, 9.17) is 5.84 Å². The first-order valence-corrected chi connectivity index (χ1v) is 4.89. The van der Waals surface area contributed by atoms with E-state index in [1.807, 2.05) is 12.1 Å². The molecule has 0 aliphatic heterocycles. The summed E-state index contributed by atoms with van der Waals surface area (Å²) in [4.78, 5) is 10.1. The van der Waals surface area contributed by atoms with E-state index in [2.05, 4.69) is 27.2 Å². The summed E-state index contributed by atoms with van der Waals surface area (Å²) in [6, 6.07) is 3.96. The Kier molecular flexibility index (Phi) is 4.56. The van der Waals surface area contributed by atoms with Gasteiger partial charge in [-0.1, -0.05) is 0 Å². The van der Waals surface area contributed by atoms with Crippen molar-refractivity contribution in [3.05, 3.63) is 30.1 Å². The summed E-state index contributed by atoms with van der Waals surface area (Å²) in [5, 5.41) is 0. The van der Waals surface area contributed by atoms with Crippen LogP contribution in [-0.4, -0.2) is 29.4 Å². The fourth-order valence-corrected chi connectivity index (χ4v) is 1.34. The van der Waals surface area contributed by atoms with Crippen molar-refractivity contribution in [2.24, 2.45) is 10.8 Å². The highest BCUT2D eigenvalue weighted by atomic mass is 15.4. The highest BCUT2D eigenvalue weighted by Crippen LogP contribution is 2.02. The van der Waals surface area contributed by atoms with Crippen molar-refractivity contribution in [3.8, 4) is 0 Å². The van der Waals surface area contributed by atoms with Gasteiger partial charge >= 0.3 is 0 Å². The molecule has 0 atom stereocenters. The molecule has 3 N–H and O–H groups in total. The van der Waals surface area contributed by atoms with Gasteiger partial charge in [-0.15, -0.1) is 0 Å². The van der Waals surface area contributed by atoms with E-state index in [0.717, 1.165) is 13.1 Å². The van der Waals surface area contributed by atoms with E-state index >= 15 is 0 Å². The third kappa shape index (κ3) is 3.21. The lowest BCUT2D eigenvalue weighted by molar-refractivity contribution is 0.418. The quantitative estimate of drug-likeness (QED) is 0.325. The van der Waals surface area contributed by atoms with Crippen LogP contribution in [0.1, 0.15) is 12.5 Å². The summed E-state index contributed by atoms with van der Waals surface area (Å²) in [6.45, 7) is 3.68. The smallest absolute Gasteiger partial charge is 0.208 e. The molecule has 82 valence electrons. The molecule has 1 aromatic rings. The molecule has 0 aromatic carbocycles. The largest absolute Gasteiger partial charge is 0.338 e. The van der Waals surface area contributed by atoms with Gasteiger partial charge in [-0.3, -0.25) is 15.4 Å². The second-order valence-electron chi connectivity index (χ2n) is 3.06. The van der Waals surface area contributed by atoms with Gasteiger partial charge in [-0.25, -0.2) is 5.84 Å². The normalized spacial score (nSPS) is 11.3. The molecule has 0 saturated carbocycles. The van der Waals surface area contributed by atoms with Gasteiger partial charge < -0.3 is 4.90 Å². The first-order chi connectivity index (χ1) is 7.31. The Morgan fingerprint density at radius 3 is 2.67 bits per heavy atom. The second kappa shape index (κ2) is 5.98. The van der Waals surface area contributed by atoms with Crippen molar-refractivity contribution in [2.75, 3.05) is 13.6 Å². The first-order valence-electron chi connectivity index (χ1n) is 4.89. The van der Waals surface area contributed by atoms with Crippen molar-refractivity contribution in [3.63, 3.8) is 0 Å². The average molecular weight is 207 g/mol. The van der Waals surface area contributed by atoms with E-state index < -0.39 is 0 Å². The van der Waals surface area contributed by atoms with Crippen LogP contribution >= 0.6 is 0 Å². The number of rotatable bonds is 3. The lowest BCUT2D eigenvalue weighted by Gasteiger charge is -2.23. The van der Waals surface area contributed by atoms with Gasteiger partial charge in [0, 0.05) is 32.5 Å². The van der Waals surface area contributed by atoms with Gasteiger partial charge in [0.2, 0.25) is 5.96 Å². The molecule has 1 heterocycles. The van der Waals surface area contributed by atoms with Gasteiger partial charge in [-0.2, -0.15) is 0 Å². The molecule has 0 saturated heterocycles. The molecule has 15 heavy (non-hydrogen) atoms. The molecule has 0 radical (unpaired) electrons. The average Bonchev–Trinajstić information content (AvgIpc) is 2.30. The topological polar surface area (TPSA) is 66.5 Å². The zero-order valence-electron chi connectivity index (χ0n) is 9.14. The number of guanidine groups is 1. The van der Waals surface area contributed by atoms with Crippen LogP contribution in [-0.2, 0) is 6.54 Å². The number of hydrogen-bond donors (Lipinski definition) is 2. The minimum atomic E-state index is 0.689. The summed E-state index contributed by atoms with van der Waals surface area (Å²) in [5.41, 5.74) is 3.77. The molecule has 5 heteroatoms. The third-order valence-electron chi connectivity index (χ3n) is 2.14. The lowest BCUT2D eigenvalue weighted by atomic mass is 10.2. The molecule has 5 nitrogen and oxygen atoms in total. The molecule has 0 unspecified atom stereocenters. The molecule has 0 aliphatic carbocycles. The number of hydrogen-bond acceptors (Lipinski definition) is 3. The molecule has 1 rings (SSSR count). The van der Waals surface area contributed by atoms with E-state index in [1.54, 1.807) is 19.4 Å². The first kappa shape index (κ1) is 11.5. The number of hydrazine groups is 1. The maximum absolute atomic E-state index is 5.38. The van der Waals surface area contributed by atoms with Crippen molar-refractivity contribution in [1.82, 2.24) is 15.3 Å². The van der Waals surface area contributed by atoms with Crippen LogP contribution in [0.5, 0.6) is 0 Å². The van der Waals surface area contributed by atoms with E-state index in [9.17, 15) is 0 Å². The van der Waals surface area contributed by atoms with Crippen molar-refractivity contribution >= 4 is 5.96 Å². The van der Waals surface area contributed by atoms with Gasteiger partial charge in [0.25, 0.3) is 0 Å². The summed E-state index contributed by atoms with van der Waals surface area (Å²) < 4.78 is 0. The summed E-state index contributed by atoms with van der Waals surface area (Å²) >= 11 is 0. The molecular formula is C10H17N5. The highest BCUT2D eigenvalue weighted by molar-refractivity contribution is 5.79. The SMILES string of the molecule is CCN(Cc1ccncc1)C(=NC)NN. The van der Waals surface area contributed by atoms with E-state index in [0.29, 0.717) is 5.96 Å². The molecule has 0 fully saturated rings. The lowest BCUT2D eigenvalue weighted by Crippen LogP contribution is -2.44. The molecule has 0 aliphatic rings. The van der Waals surface area contributed by atoms with Crippen LogP contribution in [0.15, 0.2) is 29.5 Å². The van der Waals surface area contributed by atoms with Gasteiger partial charge in [-0.05, 0) is 24.6 Å². The maximum atomic E-state index is 5.38. The summed E-state index contributed by atoms with van der Waals surface area (Å²) in [7, 11) is 1.71. The number of pyridine rings is 1. The minimum absolute atomic E-state index is 0.689. The Morgan fingerprint density at radius 2 is 2.20 bits per heavy atom. The number of aliphatic imine (C=N–C) groups is 1. The van der Waals surface area contributed by atoms with Crippen LogP contribution < -0.4 is 11.3 Å². The zero-order chi connectivity index (χ0) is 11.1. The van der Waals surface area contributed by atoms with Crippen molar-refractivity contribution in [1.29, 1.82) is 0 Å². The van der Waals surface area contributed by atoms with E-state index in [-0.39, 0.29) is 0 Å². The Morgan fingerprint density at radius 1 is 1.53 bits per heavy atom. The Hall–Kier alpha value is -1.62. The predicted molar refractivity (Wildman–Crippen MR) is 61.0 cm³/mol. The molecular weight excluding hydrogens is 190 g/mol. The van der Waals surface area contributed by atoms with Gasteiger partial charge in [0.05, 0.1) is 0 Å². The van der Waals surface area contributed by atoms with Crippen LogP contribution in [0, 0.1) is 0 Å². The second-order valence-corrected chi connectivity index (χ2v) is 3.06. The van der Waals surface area contributed by atoms with Gasteiger partial charge in [0.1, 0.15) is 0 Å². The molecule has 1 aromatic heterocycles. The van der Waals surface area contributed by atoms with E-state index in [1.165, 1.54) is 5.56 Å². The van der Waals surface area contributed by atoms with Crippen molar-refractivity contribution in [2.45, 2.75) is 13.5 Å². The molecule has 0 spiro atoms. The number of nitrogens with two attached hydrogens (primary N) is 1. The summed E-state index contributed by atoms with van der Waals surface area (Å²) in [6.07, 6.45) is 3.56. The monoisotopic (exact) mass is 207 g/mol. The highest BCUT2D eigenvalue weighted by Gasteiger charge is 2.07. The Bertz CT molecular complexity index is 309. The fourth-order valence-electron chi connectivity index (χ4n) is 1.34. The third-order valence-corrected chi connectivity index (χ3v) is 2.14. The van der Waals surface area contributed by atoms with Crippen LogP contribution in [0.25, 0.3) is 0 Å². The zero-order valence-corrected chi connectivity index (χ0v) is 9.14. The maximum Gasteiger partial charge on any atom is 0.208 e. The Labute approximate surface area is 90.0 Å². The van der Waals surface area contributed by atoms with Gasteiger partial charge in [0.15, 0.2) is 0 Å². The van der Waals surface area contributed by atoms with Crippen LogP contribution in [0.2, 0.25) is 0 Å². The number of nitrogens with zero attached hydrogens (tertiary/aromatic N) is 3. The van der Waals surface area contributed by atoms with Crippen molar-refractivity contribution < 1.29 is 0 Å². The Balaban J connectivity index is 2.70. The fraction of sp³-hybridized carbons (Fsp3) is 0.400. The van der Waals surface area contributed by atoms with Crippen LogP contribution in [0.4, 0.5) is 0 Å². The number of aromatic nitrogens is 1. The molecule has 0 amide bonds. The number of nitrogens with one attached hydrogen (secondary N) is 1. The standard InChI is InChI=1S/C10H17N5/c1-3-15(10(12-2)14-11)8-9-4-6-13-7-5-9/h4-7H,3,8,11H2,1-2H3,(H,12,14). The minimum Gasteiger partial charge on any atom is -0.338 e. The molecule has 0 bridgehead atoms.